The smallest absolute Gasteiger partial charge is 0.0929 e. The molecule has 0 aliphatic heterocycles. The van der Waals surface area contributed by atoms with Crippen molar-refractivity contribution in [1.82, 2.24) is 0 Å². The summed E-state index contributed by atoms with van der Waals surface area (Å²) in [4.78, 5) is 0. The zero-order valence-electron chi connectivity index (χ0n) is 5.17. The van der Waals surface area contributed by atoms with Crippen LogP contribution in [-0.4, -0.2) is 16.8 Å². The SMILES string of the molecule is OCC1=CCCC(O)=C1. The Bertz CT molecular complexity index is 156. The standard InChI is InChI=1S/C7H10O2/c8-5-6-2-1-3-7(9)4-6/h2,4,8-9H,1,3,5H2. The van der Waals surface area contributed by atoms with Crippen molar-refractivity contribution in [2.45, 2.75) is 12.8 Å². The predicted molar refractivity (Wildman–Crippen MR) is 35.1 cm³/mol. The predicted octanol–water partition coefficient (Wildman–Crippen LogP) is 1.14. The maximum atomic E-state index is 8.92. The lowest BCUT2D eigenvalue weighted by Gasteiger charge is -2.05. The summed E-state index contributed by atoms with van der Waals surface area (Å²) in [7, 11) is 0. The van der Waals surface area contributed by atoms with E-state index >= 15 is 0 Å². The monoisotopic (exact) mass is 126 g/mol. The Morgan fingerprint density at radius 3 is 2.78 bits per heavy atom. The second-order valence-electron chi connectivity index (χ2n) is 2.11. The summed E-state index contributed by atoms with van der Waals surface area (Å²) in [5.74, 6) is 0.376. The fourth-order valence-electron chi connectivity index (χ4n) is 0.861. The van der Waals surface area contributed by atoms with Gasteiger partial charge in [-0.05, 0) is 18.1 Å². The van der Waals surface area contributed by atoms with Crippen molar-refractivity contribution in [3.63, 3.8) is 0 Å². The molecule has 1 aliphatic rings. The summed E-state index contributed by atoms with van der Waals surface area (Å²) in [5.41, 5.74) is 0.818. The van der Waals surface area contributed by atoms with Crippen LogP contribution in [0, 0.1) is 0 Å². The molecule has 1 aliphatic carbocycles. The van der Waals surface area contributed by atoms with Crippen molar-refractivity contribution in [2.75, 3.05) is 6.61 Å². The zero-order chi connectivity index (χ0) is 6.69. The number of hydrogen-bond donors (Lipinski definition) is 2. The number of rotatable bonds is 1. The normalized spacial score (nSPS) is 18.8. The van der Waals surface area contributed by atoms with Crippen LogP contribution in [0.1, 0.15) is 12.8 Å². The topological polar surface area (TPSA) is 40.5 Å². The van der Waals surface area contributed by atoms with E-state index in [0.717, 1.165) is 12.0 Å². The molecular formula is C7H10O2. The van der Waals surface area contributed by atoms with Crippen LogP contribution in [0.3, 0.4) is 0 Å². The molecule has 2 N–H and O–H groups in total. The molecule has 0 heterocycles. The molecule has 0 saturated carbocycles. The Morgan fingerprint density at radius 2 is 2.33 bits per heavy atom. The van der Waals surface area contributed by atoms with E-state index in [-0.39, 0.29) is 6.61 Å². The second-order valence-corrected chi connectivity index (χ2v) is 2.11. The van der Waals surface area contributed by atoms with Crippen LogP contribution in [-0.2, 0) is 0 Å². The van der Waals surface area contributed by atoms with Crippen LogP contribution in [0.2, 0.25) is 0 Å². The van der Waals surface area contributed by atoms with Crippen molar-refractivity contribution in [3.05, 3.63) is 23.5 Å². The third kappa shape index (κ3) is 1.57. The van der Waals surface area contributed by atoms with Gasteiger partial charge >= 0.3 is 0 Å². The molecule has 0 saturated heterocycles. The third-order valence-corrected chi connectivity index (χ3v) is 1.34. The van der Waals surface area contributed by atoms with Gasteiger partial charge in [0.1, 0.15) is 0 Å². The lowest BCUT2D eigenvalue weighted by atomic mass is 10.1. The molecule has 0 radical (unpaired) electrons. The fourth-order valence-corrected chi connectivity index (χ4v) is 0.861. The van der Waals surface area contributed by atoms with Crippen LogP contribution in [0.5, 0.6) is 0 Å². The van der Waals surface area contributed by atoms with E-state index in [1.54, 1.807) is 6.08 Å². The summed E-state index contributed by atoms with van der Waals surface area (Å²) >= 11 is 0. The van der Waals surface area contributed by atoms with Crippen LogP contribution in [0.25, 0.3) is 0 Å². The Hall–Kier alpha value is -0.760. The van der Waals surface area contributed by atoms with E-state index in [1.165, 1.54) is 0 Å². The molecule has 0 atom stereocenters. The van der Waals surface area contributed by atoms with Crippen LogP contribution < -0.4 is 0 Å². The lowest BCUT2D eigenvalue weighted by molar-refractivity contribution is 0.328. The number of allylic oxidation sites excluding steroid dienone is 2. The third-order valence-electron chi connectivity index (χ3n) is 1.34. The Kier molecular flexibility index (Phi) is 1.90. The molecule has 1 rings (SSSR count). The highest BCUT2D eigenvalue weighted by atomic mass is 16.3. The van der Waals surface area contributed by atoms with Gasteiger partial charge in [0.05, 0.1) is 12.4 Å². The maximum absolute atomic E-state index is 8.92. The van der Waals surface area contributed by atoms with Crippen LogP contribution >= 0.6 is 0 Å². The molecule has 2 heteroatoms. The molecule has 50 valence electrons. The summed E-state index contributed by atoms with van der Waals surface area (Å²) in [6.07, 6.45) is 5.10. The van der Waals surface area contributed by atoms with Gasteiger partial charge in [-0.2, -0.15) is 0 Å². The van der Waals surface area contributed by atoms with Gasteiger partial charge < -0.3 is 10.2 Å². The van der Waals surface area contributed by atoms with Crippen molar-refractivity contribution < 1.29 is 10.2 Å². The van der Waals surface area contributed by atoms with Gasteiger partial charge in [0.25, 0.3) is 0 Å². The quantitative estimate of drug-likeness (QED) is 0.553. The highest BCUT2D eigenvalue weighted by molar-refractivity contribution is 5.24. The van der Waals surface area contributed by atoms with Gasteiger partial charge in [0.2, 0.25) is 0 Å². The molecule has 0 fully saturated rings. The van der Waals surface area contributed by atoms with E-state index in [0.29, 0.717) is 12.2 Å². The van der Waals surface area contributed by atoms with Crippen molar-refractivity contribution >= 4 is 0 Å². The minimum Gasteiger partial charge on any atom is -0.512 e. The van der Waals surface area contributed by atoms with Gasteiger partial charge in [-0.3, -0.25) is 0 Å². The summed E-state index contributed by atoms with van der Waals surface area (Å²) < 4.78 is 0. The Morgan fingerprint density at radius 1 is 1.56 bits per heavy atom. The van der Waals surface area contributed by atoms with E-state index < -0.39 is 0 Å². The molecule has 0 amide bonds. The maximum Gasteiger partial charge on any atom is 0.0929 e. The molecule has 2 nitrogen and oxygen atoms in total. The van der Waals surface area contributed by atoms with Gasteiger partial charge in [-0.25, -0.2) is 0 Å². The van der Waals surface area contributed by atoms with E-state index in [2.05, 4.69) is 0 Å². The summed E-state index contributed by atoms with van der Waals surface area (Å²) in [5, 5.41) is 17.5. The molecule has 0 aromatic heterocycles. The zero-order valence-corrected chi connectivity index (χ0v) is 5.17. The Balaban J connectivity index is 2.63. The molecule has 0 aromatic rings. The lowest BCUT2D eigenvalue weighted by Crippen LogP contribution is -1.94. The highest BCUT2D eigenvalue weighted by Gasteiger charge is 2.00. The van der Waals surface area contributed by atoms with Gasteiger partial charge in [-0.15, -0.1) is 0 Å². The first-order chi connectivity index (χ1) is 4.33. The van der Waals surface area contributed by atoms with Crippen molar-refractivity contribution in [3.8, 4) is 0 Å². The fraction of sp³-hybridized carbons (Fsp3) is 0.429. The largest absolute Gasteiger partial charge is 0.512 e. The van der Waals surface area contributed by atoms with Gasteiger partial charge in [0.15, 0.2) is 0 Å². The molecule has 0 aromatic carbocycles. The first kappa shape index (κ1) is 6.36. The van der Waals surface area contributed by atoms with Crippen LogP contribution in [0.4, 0.5) is 0 Å². The van der Waals surface area contributed by atoms with Crippen LogP contribution in [0.15, 0.2) is 23.5 Å². The first-order valence-electron chi connectivity index (χ1n) is 3.02. The molecule has 9 heavy (non-hydrogen) atoms. The number of hydrogen-bond acceptors (Lipinski definition) is 2. The van der Waals surface area contributed by atoms with E-state index in [1.807, 2.05) is 6.08 Å². The summed E-state index contributed by atoms with van der Waals surface area (Å²) in [6, 6.07) is 0. The van der Waals surface area contributed by atoms with Crippen molar-refractivity contribution in [1.29, 1.82) is 0 Å². The first-order valence-corrected chi connectivity index (χ1v) is 3.02. The van der Waals surface area contributed by atoms with Gasteiger partial charge in [-0.1, -0.05) is 6.08 Å². The average Bonchev–Trinajstić information content (AvgIpc) is 1.88. The minimum absolute atomic E-state index is 0.0318. The molecule has 0 spiro atoms. The Labute approximate surface area is 54.1 Å². The van der Waals surface area contributed by atoms with Crippen molar-refractivity contribution in [2.24, 2.45) is 0 Å². The molecule has 0 bridgehead atoms. The number of aliphatic hydroxyl groups is 2. The second kappa shape index (κ2) is 2.69. The summed E-state index contributed by atoms with van der Waals surface area (Å²) in [6.45, 7) is 0.0318. The number of aliphatic hydroxyl groups excluding tert-OH is 2. The minimum atomic E-state index is 0.0318. The van der Waals surface area contributed by atoms with E-state index in [4.69, 9.17) is 10.2 Å². The highest BCUT2D eigenvalue weighted by Crippen LogP contribution is 2.13. The average molecular weight is 126 g/mol. The van der Waals surface area contributed by atoms with Gasteiger partial charge in [0, 0.05) is 6.42 Å². The van der Waals surface area contributed by atoms with E-state index in [9.17, 15) is 0 Å². The molecular weight excluding hydrogens is 116 g/mol. The molecule has 0 unspecified atom stereocenters.